The first-order valence-corrected chi connectivity index (χ1v) is 8.52. The number of benzene rings is 1. The largest absolute Gasteiger partial charge is 0.344 e. The van der Waals surface area contributed by atoms with Gasteiger partial charge in [0.05, 0.1) is 16.5 Å². The maximum atomic E-state index is 12.5. The monoisotopic (exact) mass is 332 g/mol. The fraction of sp³-hybridized carbons (Fsp3) is 0.267. The molecule has 0 aliphatic rings. The van der Waals surface area contributed by atoms with Crippen LogP contribution in [0.4, 0.5) is 4.79 Å². The van der Waals surface area contributed by atoms with Crippen molar-refractivity contribution in [3.8, 4) is 6.07 Å². The van der Waals surface area contributed by atoms with Crippen LogP contribution in [0.3, 0.4) is 0 Å². The molecule has 0 aliphatic carbocycles. The number of nitriles is 1. The highest BCUT2D eigenvalue weighted by atomic mass is 32.2. The summed E-state index contributed by atoms with van der Waals surface area (Å²) in [6.07, 6.45) is 1.33. The first kappa shape index (κ1) is 16.7. The standard InChI is InChI=1S/C15H16N4O3S/c1-3-18(4-2)15(20)19-10-9-14(17-19)23(21,22)13-7-5-12(11-16)6-8-13/h5-10H,3-4H2,1-2H3. The van der Waals surface area contributed by atoms with Gasteiger partial charge in [-0.3, -0.25) is 0 Å². The van der Waals surface area contributed by atoms with Crippen LogP contribution in [0.1, 0.15) is 19.4 Å². The van der Waals surface area contributed by atoms with Gasteiger partial charge >= 0.3 is 6.03 Å². The molecular formula is C15H16N4O3S. The maximum absolute atomic E-state index is 12.5. The Morgan fingerprint density at radius 3 is 2.35 bits per heavy atom. The van der Waals surface area contributed by atoms with Gasteiger partial charge in [-0.05, 0) is 44.2 Å². The van der Waals surface area contributed by atoms with Gasteiger partial charge in [-0.2, -0.15) is 15.0 Å². The van der Waals surface area contributed by atoms with Crippen molar-refractivity contribution in [2.75, 3.05) is 13.1 Å². The second-order valence-electron chi connectivity index (χ2n) is 4.69. The van der Waals surface area contributed by atoms with E-state index in [9.17, 15) is 13.2 Å². The predicted octanol–water partition coefficient (Wildman–Crippen LogP) is 1.90. The Bertz CT molecular complexity index is 844. The first-order valence-electron chi connectivity index (χ1n) is 7.04. The molecule has 1 aromatic carbocycles. The number of aromatic nitrogens is 2. The zero-order chi connectivity index (χ0) is 17.0. The van der Waals surface area contributed by atoms with Crippen molar-refractivity contribution in [2.24, 2.45) is 0 Å². The van der Waals surface area contributed by atoms with Crippen LogP contribution in [0.25, 0.3) is 0 Å². The lowest BCUT2D eigenvalue weighted by molar-refractivity contribution is 0.201. The Kier molecular flexibility index (Phi) is 4.81. The minimum atomic E-state index is -3.83. The molecule has 7 nitrogen and oxygen atoms in total. The minimum absolute atomic E-state index is 0.0250. The van der Waals surface area contributed by atoms with Gasteiger partial charge in [-0.1, -0.05) is 0 Å². The summed E-state index contributed by atoms with van der Waals surface area (Å²) in [5, 5.41) is 12.4. The number of hydrogen-bond acceptors (Lipinski definition) is 5. The van der Waals surface area contributed by atoms with Crippen LogP contribution in [0, 0.1) is 11.3 Å². The van der Waals surface area contributed by atoms with E-state index in [1.54, 1.807) is 0 Å². The van der Waals surface area contributed by atoms with Gasteiger partial charge in [-0.25, -0.2) is 13.2 Å². The number of carbonyl (C=O) groups is 1. The van der Waals surface area contributed by atoms with E-state index in [1.165, 1.54) is 41.4 Å². The average molecular weight is 332 g/mol. The van der Waals surface area contributed by atoms with Crippen LogP contribution in [0.2, 0.25) is 0 Å². The van der Waals surface area contributed by atoms with Crippen molar-refractivity contribution in [3.05, 3.63) is 42.1 Å². The van der Waals surface area contributed by atoms with Gasteiger partial charge in [-0.15, -0.1) is 0 Å². The molecule has 0 spiro atoms. The van der Waals surface area contributed by atoms with Crippen molar-refractivity contribution in [1.29, 1.82) is 5.26 Å². The number of sulfone groups is 1. The quantitative estimate of drug-likeness (QED) is 0.852. The van der Waals surface area contributed by atoms with Gasteiger partial charge in [0.15, 0.2) is 5.03 Å². The zero-order valence-corrected chi connectivity index (χ0v) is 13.6. The molecule has 8 heteroatoms. The lowest BCUT2D eigenvalue weighted by atomic mass is 10.2. The Labute approximate surface area is 134 Å². The van der Waals surface area contributed by atoms with Gasteiger partial charge in [0.2, 0.25) is 9.84 Å². The fourth-order valence-electron chi connectivity index (χ4n) is 2.03. The molecule has 0 saturated heterocycles. The lowest BCUT2D eigenvalue weighted by Gasteiger charge is -2.17. The molecule has 0 saturated carbocycles. The molecule has 0 N–H and O–H groups in total. The summed E-state index contributed by atoms with van der Waals surface area (Å²) in [7, 11) is -3.83. The highest BCUT2D eigenvalue weighted by Gasteiger charge is 2.23. The van der Waals surface area contributed by atoms with Crippen molar-refractivity contribution in [2.45, 2.75) is 23.8 Å². The van der Waals surface area contributed by atoms with Gasteiger partial charge < -0.3 is 4.90 Å². The van der Waals surface area contributed by atoms with Gasteiger partial charge in [0.25, 0.3) is 0 Å². The molecule has 1 amide bonds. The van der Waals surface area contributed by atoms with E-state index < -0.39 is 9.84 Å². The van der Waals surface area contributed by atoms with Crippen molar-refractivity contribution >= 4 is 15.9 Å². The highest BCUT2D eigenvalue weighted by molar-refractivity contribution is 7.91. The summed E-state index contributed by atoms with van der Waals surface area (Å²) in [6, 6.07) is 8.37. The molecular weight excluding hydrogens is 316 g/mol. The van der Waals surface area contributed by atoms with Crippen molar-refractivity contribution in [3.63, 3.8) is 0 Å². The number of hydrogen-bond donors (Lipinski definition) is 0. The molecule has 0 atom stereocenters. The number of carbonyl (C=O) groups excluding carboxylic acids is 1. The summed E-state index contributed by atoms with van der Waals surface area (Å²) in [5.74, 6) is 0. The molecule has 0 fully saturated rings. The first-order chi connectivity index (χ1) is 10.9. The second-order valence-corrected chi connectivity index (χ2v) is 6.59. The molecule has 1 aromatic heterocycles. The Balaban J connectivity index is 2.35. The van der Waals surface area contributed by atoms with Gasteiger partial charge in [0.1, 0.15) is 0 Å². The lowest BCUT2D eigenvalue weighted by Crippen LogP contribution is -2.34. The summed E-state index contributed by atoms with van der Waals surface area (Å²) in [5.41, 5.74) is 0.367. The van der Waals surface area contributed by atoms with E-state index in [2.05, 4.69) is 5.10 Å². The van der Waals surface area contributed by atoms with Crippen molar-refractivity contribution < 1.29 is 13.2 Å². The minimum Gasteiger partial charge on any atom is -0.323 e. The Morgan fingerprint density at radius 1 is 1.22 bits per heavy atom. The highest BCUT2D eigenvalue weighted by Crippen LogP contribution is 2.19. The van der Waals surface area contributed by atoms with Crippen LogP contribution < -0.4 is 0 Å². The molecule has 2 aromatic rings. The van der Waals surface area contributed by atoms with E-state index in [1.807, 2.05) is 19.9 Å². The van der Waals surface area contributed by atoms with E-state index in [4.69, 9.17) is 5.26 Å². The Hall–Kier alpha value is -2.66. The van der Waals surface area contributed by atoms with Crippen LogP contribution in [-0.2, 0) is 9.84 Å². The normalized spacial score (nSPS) is 11.0. The number of rotatable bonds is 4. The van der Waals surface area contributed by atoms with Gasteiger partial charge in [0, 0.05) is 19.3 Å². The molecule has 0 unspecified atom stereocenters. The number of amides is 1. The SMILES string of the molecule is CCN(CC)C(=O)n1ccc(S(=O)(=O)c2ccc(C#N)cc2)n1. The summed E-state index contributed by atoms with van der Waals surface area (Å²) in [6.45, 7) is 4.68. The molecule has 0 aliphatic heterocycles. The fourth-order valence-corrected chi connectivity index (χ4v) is 3.20. The molecule has 0 radical (unpaired) electrons. The van der Waals surface area contributed by atoms with E-state index >= 15 is 0 Å². The van der Waals surface area contributed by atoms with Crippen LogP contribution >= 0.6 is 0 Å². The topological polar surface area (TPSA) is 96.1 Å². The molecule has 23 heavy (non-hydrogen) atoms. The second kappa shape index (κ2) is 6.62. The third-order valence-electron chi connectivity index (χ3n) is 3.36. The van der Waals surface area contributed by atoms with E-state index in [-0.39, 0.29) is 16.0 Å². The molecule has 1 heterocycles. The van der Waals surface area contributed by atoms with Crippen LogP contribution in [-0.4, -0.2) is 42.2 Å². The maximum Gasteiger partial charge on any atom is 0.344 e. The summed E-state index contributed by atoms with van der Waals surface area (Å²) < 4.78 is 26.0. The van der Waals surface area contributed by atoms with Crippen LogP contribution in [0.5, 0.6) is 0 Å². The smallest absolute Gasteiger partial charge is 0.323 e. The van der Waals surface area contributed by atoms with E-state index in [0.717, 1.165) is 4.68 Å². The van der Waals surface area contributed by atoms with Crippen LogP contribution in [0.15, 0.2) is 46.5 Å². The zero-order valence-electron chi connectivity index (χ0n) is 12.8. The molecule has 2 rings (SSSR count). The third-order valence-corrected chi connectivity index (χ3v) is 5.02. The molecule has 0 bridgehead atoms. The average Bonchev–Trinajstić information content (AvgIpc) is 3.06. The van der Waals surface area contributed by atoms with E-state index in [0.29, 0.717) is 18.7 Å². The Morgan fingerprint density at radius 2 is 1.83 bits per heavy atom. The summed E-state index contributed by atoms with van der Waals surface area (Å²) in [4.78, 5) is 13.7. The predicted molar refractivity (Wildman–Crippen MR) is 82.6 cm³/mol. The van der Waals surface area contributed by atoms with Crippen molar-refractivity contribution in [1.82, 2.24) is 14.7 Å². The summed E-state index contributed by atoms with van der Waals surface area (Å²) >= 11 is 0. The molecule has 120 valence electrons. The number of nitrogens with zero attached hydrogens (tertiary/aromatic N) is 4. The third kappa shape index (κ3) is 3.24.